The summed E-state index contributed by atoms with van der Waals surface area (Å²) in [4.78, 5) is 63.4. The van der Waals surface area contributed by atoms with Gasteiger partial charge in [0.15, 0.2) is 0 Å². The Hall–Kier alpha value is -2.68. The SMILES string of the molecule is O=C1CCCC(=O)N1CCc1nccc(C2CCC(=O)N(CCN3CCCCC3)C2=O)n1. The van der Waals surface area contributed by atoms with E-state index in [1.807, 2.05) is 0 Å². The van der Waals surface area contributed by atoms with Gasteiger partial charge >= 0.3 is 0 Å². The van der Waals surface area contributed by atoms with Gasteiger partial charge in [-0.1, -0.05) is 6.42 Å². The third-order valence-electron chi connectivity index (χ3n) is 6.63. The number of carbonyl (C=O) groups is 4. The third-order valence-corrected chi connectivity index (χ3v) is 6.63. The molecule has 1 unspecified atom stereocenters. The minimum Gasteiger partial charge on any atom is -0.302 e. The van der Waals surface area contributed by atoms with Gasteiger partial charge in [0.1, 0.15) is 5.82 Å². The fraction of sp³-hybridized carbons (Fsp3) is 0.652. The molecule has 3 fully saturated rings. The molecular formula is C23H31N5O4. The number of likely N-dealkylation sites (tertiary alicyclic amines) is 3. The Morgan fingerprint density at radius 1 is 0.812 bits per heavy atom. The van der Waals surface area contributed by atoms with E-state index in [1.54, 1.807) is 12.3 Å². The number of carbonyl (C=O) groups excluding carboxylic acids is 4. The number of hydrogen-bond donors (Lipinski definition) is 0. The second-order valence-corrected chi connectivity index (χ2v) is 8.82. The highest BCUT2D eigenvalue weighted by molar-refractivity contribution is 6.01. The summed E-state index contributed by atoms with van der Waals surface area (Å²) in [6.45, 7) is 3.44. The first-order valence-electron chi connectivity index (χ1n) is 11.7. The molecule has 9 nitrogen and oxygen atoms in total. The molecule has 4 amide bonds. The van der Waals surface area contributed by atoms with Gasteiger partial charge in [0.05, 0.1) is 11.6 Å². The normalized spacial score (nSPS) is 23.2. The van der Waals surface area contributed by atoms with E-state index in [0.29, 0.717) is 56.6 Å². The smallest absolute Gasteiger partial charge is 0.238 e. The van der Waals surface area contributed by atoms with E-state index in [2.05, 4.69) is 14.9 Å². The van der Waals surface area contributed by atoms with Crippen molar-refractivity contribution in [3.63, 3.8) is 0 Å². The van der Waals surface area contributed by atoms with E-state index < -0.39 is 5.92 Å². The van der Waals surface area contributed by atoms with Crippen molar-refractivity contribution in [3.8, 4) is 0 Å². The Morgan fingerprint density at radius 2 is 1.53 bits per heavy atom. The van der Waals surface area contributed by atoms with E-state index in [9.17, 15) is 19.2 Å². The molecule has 1 atom stereocenters. The second-order valence-electron chi connectivity index (χ2n) is 8.82. The first kappa shape index (κ1) is 22.5. The topological polar surface area (TPSA) is 104 Å². The molecule has 1 aromatic rings. The lowest BCUT2D eigenvalue weighted by Crippen LogP contribution is -2.48. The predicted octanol–water partition coefficient (Wildman–Crippen LogP) is 1.28. The van der Waals surface area contributed by atoms with Gasteiger partial charge in [-0.3, -0.25) is 29.0 Å². The molecule has 4 rings (SSSR count). The molecule has 0 N–H and O–H groups in total. The summed E-state index contributed by atoms with van der Waals surface area (Å²) in [5, 5.41) is 0. The zero-order valence-corrected chi connectivity index (χ0v) is 18.5. The van der Waals surface area contributed by atoms with Crippen LogP contribution in [0.5, 0.6) is 0 Å². The Morgan fingerprint density at radius 3 is 2.28 bits per heavy atom. The minimum absolute atomic E-state index is 0.111. The zero-order chi connectivity index (χ0) is 22.5. The van der Waals surface area contributed by atoms with E-state index in [1.165, 1.54) is 29.1 Å². The molecule has 32 heavy (non-hydrogen) atoms. The van der Waals surface area contributed by atoms with Gasteiger partial charge in [0.2, 0.25) is 23.6 Å². The van der Waals surface area contributed by atoms with Crippen LogP contribution >= 0.6 is 0 Å². The molecule has 3 aliphatic heterocycles. The van der Waals surface area contributed by atoms with Crippen LogP contribution in [0.4, 0.5) is 0 Å². The van der Waals surface area contributed by atoms with E-state index in [4.69, 9.17) is 0 Å². The van der Waals surface area contributed by atoms with Crippen LogP contribution in [0, 0.1) is 0 Å². The van der Waals surface area contributed by atoms with Crippen LogP contribution in [0.2, 0.25) is 0 Å². The highest BCUT2D eigenvalue weighted by Crippen LogP contribution is 2.28. The van der Waals surface area contributed by atoms with Crippen molar-refractivity contribution in [1.82, 2.24) is 24.7 Å². The number of hydrogen-bond acceptors (Lipinski definition) is 7. The van der Waals surface area contributed by atoms with Crippen LogP contribution in [-0.2, 0) is 25.6 Å². The average molecular weight is 442 g/mol. The van der Waals surface area contributed by atoms with Gasteiger partial charge in [-0.2, -0.15) is 0 Å². The highest BCUT2D eigenvalue weighted by atomic mass is 16.2. The van der Waals surface area contributed by atoms with E-state index >= 15 is 0 Å². The first-order chi connectivity index (χ1) is 15.5. The van der Waals surface area contributed by atoms with Crippen molar-refractivity contribution in [1.29, 1.82) is 0 Å². The molecule has 0 aliphatic carbocycles. The van der Waals surface area contributed by atoms with Crippen LogP contribution in [0.3, 0.4) is 0 Å². The number of rotatable bonds is 7. The lowest BCUT2D eigenvalue weighted by molar-refractivity contribution is -0.150. The second kappa shape index (κ2) is 10.3. The van der Waals surface area contributed by atoms with Gasteiger partial charge in [0, 0.05) is 51.5 Å². The zero-order valence-electron chi connectivity index (χ0n) is 18.5. The van der Waals surface area contributed by atoms with E-state index in [0.717, 1.165) is 19.6 Å². The monoisotopic (exact) mass is 441 g/mol. The molecular weight excluding hydrogens is 410 g/mol. The summed E-state index contributed by atoms with van der Waals surface area (Å²) in [5.41, 5.74) is 0.603. The number of imide groups is 2. The predicted molar refractivity (Wildman–Crippen MR) is 115 cm³/mol. The molecule has 9 heteroatoms. The molecule has 3 aliphatic rings. The summed E-state index contributed by atoms with van der Waals surface area (Å²) < 4.78 is 0. The molecule has 0 spiro atoms. The fourth-order valence-electron chi connectivity index (χ4n) is 4.76. The van der Waals surface area contributed by atoms with Crippen molar-refractivity contribution in [2.75, 3.05) is 32.7 Å². The van der Waals surface area contributed by atoms with Crippen LogP contribution in [0.1, 0.15) is 68.8 Å². The standard InChI is InChI=1S/C23H31N5O4/c29-20-5-4-6-21(30)27(20)14-10-19-24-11-9-18(25-19)17-7-8-22(31)28(23(17)32)16-15-26-12-2-1-3-13-26/h9,11,17H,1-8,10,12-16H2. The summed E-state index contributed by atoms with van der Waals surface area (Å²) >= 11 is 0. The van der Waals surface area contributed by atoms with Crippen molar-refractivity contribution in [2.24, 2.45) is 0 Å². The largest absolute Gasteiger partial charge is 0.302 e. The van der Waals surface area contributed by atoms with Crippen LogP contribution in [0.15, 0.2) is 12.3 Å². The number of aromatic nitrogens is 2. The Balaban J connectivity index is 1.39. The van der Waals surface area contributed by atoms with Gasteiger partial charge in [-0.05, 0) is 44.8 Å². The molecule has 0 bridgehead atoms. The summed E-state index contributed by atoms with van der Waals surface area (Å²) in [5.74, 6) is -0.568. The number of piperidine rings is 3. The minimum atomic E-state index is -0.464. The highest BCUT2D eigenvalue weighted by Gasteiger charge is 2.36. The molecule has 0 aromatic carbocycles. The average Bonchev–Trinajstić information content (AvgIpc) is 2.79. The van der Waals surface area contributed by atoms with Crippen molar-refractivity contribution >= 4 is 23.6 Å². The van der Waals surface area contributed by atoms with Crippen molar-refractivity contribution in [2.45, 2.75) is 63.7 Å². The van der Waals surface area contributed by atoms with Gasteiger partial charge in [-0.15, -0.1) is 0 Å². The lowest BCUT2D eigenvalue weighted by Gasteiger charge is -2.33. The van der Waals surface area contributed by atoms with Gasteiger partial charge in [-0.25, -0.2) is 9.97 Å². The van der Waals surface area contributed by atoms with Crippen LogP contribution in [0.25, 0.3) is 0 Å². The van der Waals surface area contributed by atoms with Crippen molar-refractivity contribution in [3.05, 3.63) is 23.8 Å². The summed E-state index contributed by atoms with van der Waals surface area (Å²) in [7, 11) is 0. The Labute approximate surface area is 188 Å². The van der Waals surface area contributed by atoms with Crippen LogP contribution in [-0.4, -0.2) is 81.0 Å². The molecule has 3 saturated heterocycles. The van der Waals surface area contributed by atoms with Gasteiger partial charge < -0.3 is 4.90 Å². The molecule has 1 aromatic heterocycles. The quantitative estimate of drug-likeness (QED) is 0.587. The first-order valence-corrected chi connectivity index (χ1v) is 11.7. The summed E-state index contributed by atoms with van der Waals surface area (Å²) in [6.07, 6.45) is 7.71. The molecule has 172 valence electrons. The maximum Gasteiger partial charge on any atom is 0.238 e. The maximum atomic E-state index is 13.1. The molecule has 0 saturated carbocycles. The molecule has 4 heterocycles. The fourth-order valence-corrected chi connectivity index (χ4v) is 4.76. The number of amides is 4. The van der Waals surface area contributed by atoms with Crippen molar-refractivity contribution < 1.29 is 19.2 Å². The molecule has 0 radical (unpaired) electrons. The Bertz CT molecular complexity index is 867. The van der Waals surface area contributed by atoms with Gasteiger partial charge in [0.25, 0.3) is 0 Å². The Kier molecular flexibility index (Phi) is 7.24. The number of nitrogens with zero attached hydrogens (tertiary/aromatic N) is 5. The summed E-state index contributed by atoms with van der Waals surface area (Å²) in [6, 6.07) is 1.72. The van der Waals surface area contributed by atoms with Crippen LogP contribution < -0.4 is 0 Å². The van der Waals surface area contributed by atoms with E-state index in [-0.39, 0.29) is 30.2 Å². The maximum absolute atomic E-state index is 13.1. The lowest BCUT2D eigenvalue weighted by atomic mass is 9.93. The third kappa shape index (κ3) is 5.20.